The molecule has 0 aromatic heterocycles. The number of benzene rings is 3. The van der Waals surface area contributed by atoms with E-state index in [1.54, 1.807) is 49.6 Å². The Morgan fingerprint density at radius 2 is 1.76 bits per heavy atom. The van der Waals surface area contributed by atoms with Crippen LogP contribution in [0.2, 0.25) is 0 Å². The second kappa shape index (κ2) is 9.43. The van der Waals surface area contributed by atoms with Crippen LogP contribution in [0.15, 0.2) is 72.3 Å². The first-order chi connectivity index (χ1) is 16.3. The summed E-state index contributed by atoms with van der Waals surface area (Å²) >= 11 is 0. The highest BCUT2D eigenvalue weighted by Crippen LogP contribution is 2.43. The summed E-state index contributed by atoms with van der Waals surface area (Å²) in [5.41, 5.74) is 3.48. The van der Waals surface area contributed by atoms with Crippen LogP contribution in [-0.2, 0) is 9.59 Å². The number of amides is 1. The van der Waals surface area contributed by atoms with E-state index in [0.717, 1.165) is 11.1 Å². The van der Waals surface area contributed by atoms with Crippen molar-refractivity contribution in [3.63, 3.8) is 0 Å². The molecule has 6 heteroatoms. The van der Waals surface area contributed by atoms with Crippen molar-refractivity contribution in [1.82, 2.24) is 0 Å². The number of ketones is 1. The van der Waals surface area contributed by atoms with Crippen LogP contribution in [0, 0.1) is 13.8 Å². The molecule has 1 aliphatic heterocycles. The second-order valence-corrected chi connectivity index (χ2v) is 8.20. The van der Waals surface area contributed by atoms with Crippen molar-refractivity contribution in [2.45, 2.75) is 26.8 Å². The fourth-order valence-corrected chi connectivity index (χ4v) is 4.27. The summed E-state index contributed by atoms with van der Waals surface area (Å²) in [4.78, 5) is 28.0. The molecule has 0 radical (unpaired) electrons. The molecule has 4 rings (SSSR count). The van der Waals surface area contributed by atoms with Gasteiger partial charge < -0.3 is 14.6 Å². The van der Waals surface area contributed by atoms with Crippen LogP contribution in [0.25, 0.3) is 5.76 Å². The molecule has 0 saturated carbocycles. The lowest BCUT2D eigenvalue weighted by atomic mass is 9.94. The SMILES string of the molecule is CCOc1ccc(/C(O)=C2/C(=O)C(=O)N(c3cccc(C)c3)C2c2cccc(OC)c2)cc1C. The molecule has 3 aromatic carbocycles. The number of hydrogen-bond donors (Lipinski definition) is 1. The average Bonchev–Trinajstić information content (AvgIpc) is 3.10. The second-order valence-electron chi connectivity index (χ2n) is 8.20. The minimum atomic E-state index is -0.816. The average molecular weight is 458 g/mol. The Morgan fingerprint density at radius 1 is 1.00 bits per heavy atom. The van der Waals surface area contributed by atoms with Gasteiger partial charge in [0, 0.05) is 11.3 Å². The Kier molecular flexibility index (Phi) is 6.41. The lowest BCUT2D eigenvalue weighted by Crippen LogP contribution is -2.29. The molecule has 34 heavy (non-hydrogen) atoms. The third-order valence-electron chi connectivity index (χ3n) is 5.88. The lowest BCUT2D eigenvalue weighted by molar-refractivity contribution is -0.132. The Labute approximate surface area is 199 Å². The van der Waals surface area contributed by atoms with Crippen molar-refractivity contribution in [3.05, 3.63) is 94.6 Å². The molecule has 0 bridgehead atoms. The highest BCUT2D eigenvalue weighted by atomic mass is 16.5. The van der Waals surface area contributed by atoms with Gasteiger partial charge in [-0.25, -0.2) is 0 Å². The van der Waals surface area contributed by atoms with Gasteiger partial charge in [-0.3, -0.25) is 14.5 Å². The molecule has 1 saturated heterocycles. The predicted molar refractivity (Wildman–Crippen MR) is 131 cm³/mol. The fourth-order valence-electron chi connectivity index (χ4n) is 4.27. The highest BCUT2D eigenvalue weighted by molar-refractivity contribution is 6.51. The van der Waals surface area contributed by atoms with Crippen molar-refractivity contribution in [1.29, 1.82) is 0 Å². The monoisotopic (exact) mass is 457 g/mol. The number of hydrogen-bond acceptors (Lipinski definition) is 5. The van der Waals surface area contributed by atoms with Gasteiger partial charge in [-0.15, -0.1) is 0 Å². The van der Waals surface area contributed by atoms with Gasteiger partial charge in [-0.2, -0.15) is 0 Å². The zero-order valence-electron chi connectivity index (χ0n) is 19.7. The maximum atomic E-state index is 13.3. The molecule has 1 heterocycles. The van der Waals surface area contributed by atoms with E-state index in [1.807, 2.05) is 45.0 Å². The summed E-state index contributed by atoms with van der Waals surface area (Å²) in [6.07, 6.45) is 0. The van der Waals surface area contributed by atoms with Gasteiger partial charge in [-0.05, 0) is 79.9 Å². The van der Waals surface area contributed by atoms with Crippen molar-refractivity contribution in [3.8, 4) is 11.5 Å². The number of aliphatic hydroxyl groups excluding tert-OH is 1. The summed E-state index contributed by atoms with van der Waals surface area (Å²) in [7, 11) is 1.55. The maximum absolute atomic E-state index is 13.3. The summed E-state index contributed by atoms with van der Waals surface area (Å²) < 4.78 is 11.0. The minimum absolute atomic E-state index is 0.0309. The van der Waals surface area contributed by atoms with Crippen LogP contribution >= 0.6 is 0 Å². The number of ether oxygens (including phenoxy) is 2. The zero-order chi connectivity index (χ0) is 24.4. The smallest absolute Gasteiger partial charge is 0.300 e. The standard InChI is InChI=1S/C28H27NO5/c1-5-34-23-13-12-20(15-18(23)3)26(30)24-25(19-9-7-11-22(16-19)33-4)29(28(32)27(24)31)21-10-6-8-17(2)14-21/h6-16,25,30H,5H2,1-4H3/b26-24-. The van der Waals surface area contributed by atoms with Gasteiger partial charge in [0.1, 0.15) is 17.3 Å². The predicted octanol–water partition coefficient (Wildman–Crippen LogP) is 5.34. The number of anilines is 1. The summed E-state index contributed by atoms with van der Waals surface area (Å²) in [6, 6.07) is 18.9. The first-order valence-electron chi connectivity index (χ1n) is 11.1. The van der Waals surface area contributed by atoms with E-state index in [9.17, 15) is 14.7 Å². The molecule has 1 aliphatic rings. The Bertz CT molecular complexity index is 1290. The van der Waals surface area contributed by atoms with Crippen LogP contribution in [-0.4, -0.2) is 30.5 Å². The van der Waals surface area contributed by atoms with Crippen LogP contribution < -0.4 is 14.4 Å². The number of carbonyl (C=O) groups excluding carboxylic acids is 2. The van der Waals surface area contributed by atoms with Crippen molar-refractivity contribution >= 4 is 23.1 Å². The topological polar surface area (TPSA) is 76.1 Å². The molecule has 1 N–H and O–H groups in total. The van der Waals surface area contributed by atoms with E-state index in [4.69, 9.17) is 9.47 Å². The molecule has 1 amide bonds. The van der Waals surface area contributed by atoms with Crippen LogP contribution in [0.5, 0.6) is 11.5 Å². The number of Topliss-reactive ketones (excluding diaryl/α,β-unsaturated/α-hetero) is 1. The molecule has 0 spiro atoms. The molecule has 174 valence electrons. The van der Waals surface area contributed by atoms with E-state index in [-0.39, 0.29) is 11.3 Å². The number of carbonyl (C=O) groups is 2. The highest BCUT2D eigenvalue weighted by Gasteiger charge is 2.47. The number of nitrogens with zero attached hydrogens (tertiary/aromatic N) is 1. The van der Waals surface area contributed by atoms with Crippen LogP contribution in [0.4, 0.5) is 5.69 Å². The largest absolute Gasteiger partial charge is 0.507 e. The van der Waals surface area contributed by atoms with E-state index in [2.05, 4.69) is 0 Å². The van der Waals surface area contributed by atoms with Gasteiger partial charge in [0.15, 0.2) is 0 Å². The molecule has 1 unspecified atom stereocenters. The molecule has 1 atom stereocenters. The Hall–Kier alpha value is -4.06. The third kappa shape index (κ3) is 4.15. The van der Waals surface area contributed by atoms with E-state index >= 15 is 0 Å². The molecular weight excluding hydrogens is 430 g/mol. The number of aryl methyl sites for hydroxylation is 2. The van der Waals surface area contributed by atoms with Gasteiger partial charge in [0.2, 0.25) is 0 Å². The summed E-state index contributed by atoms with van der Waals surface area (Å²) in [5, 5.41) is 11.3. The van der Waals surface area contributed by atoms with E-state index in [1.165, 1.54) is 4.90 Å². The lowest BCUT2D eigenvalue weighted by Gasteiger charge is -2.26. The molecule has 1 fully saturated rings. The molecule has 3 aromatic rings. The number of aliphatic hydroxyl groups is 1. The minimum Gasteiger partial charge on any atom is -0.507 e. The first-order valence-corrected chi connectivity index (χ1v) is 11.1. The number of methoxy groups -OCH3 is 1. The molecule has 0 aliphatic carbocycles. The summed E-state index contributed by atoms with van der Waals surface area (Å²) in [5.74, 6) is -0.374. The number of rotatable bonds is 6. The van der Waals surface area contributed by atoms with Gasteiger partial charge in [0.05, 0.1) is 25.3 Å². The van der Waals surface area contributed by atoms with Gasteiger partial charge in [0.25, 0.3) is 11.7 Å². The van der Waals surface area contributed by atoms with Gasteiger partial charge in [-0.1, -0.05) is 24.3 Å². The van der Waals surface area contributed by atoms with Crippen molar-refractivity contribution in [2.75, 3.05) is 18.6 Å². The van der Waals surface area contributed by atoms with E-state index < -0.39 is 17.7 Å². The van der Waals surface area contributed by atoms with E-state index in [0.29, 0.717) is 34.9 Å². The normalized spacial score (nSPS) is 17.2. The molecule has 6 nitrogen and oxygen atoms in total. The third-order valence-corrected chi connectivity index (χ3v) is 5.88. The maximum Gasteiger partial charge on any atom is 0.300 e. The van der Waals surface area contributed by atoms with Crippen LogP contribution in [0.1, 0.15) is 35.2 Å². The first kappa shape index (κ1) is 23.1. The van der Waals surface area contributed by atoms with Gasteiger partial charge >= 0.3 is 0 Å². The quantitative estimate of drug-likeness (QED) is 0.307. The van der Waals surface area contributed by atoms with Crippen molar-refractivity contribution < 1.29 is 24.2 Å². The van der Waals surface area contributed by atoms with Crippen LogP contribution in [0.3, 0.4) is 0 Å². The molecular formula is C28H27NO5. The Balaban J connectivity index is 1.93. The zero-order valence-corrected chi connectivity index (χ0v) is 19.7. The fraction of sp³-hybridized carbons (Fsp3) is 0.214. The summed E-state index contributed by atoms with van der Waals surface area (Å²) in [6.45, 7) is 6.20. The van der Waals surface area contributed by atoms with Crippen molar-refractivity contribution in [2.24, 2.45) is 0 Å². The Morgan fingerprint density at radius 3 is 2.44 bits per heavy atom.